The van der Waals surface area contributed by atoms with Gasteiger partial charge in [-0.1, -0.05) is 30.3 Å². The number of non-ortho nitro benzene ring substituents is 1. The summed E-state index contributed by atoms with van der Waals surface area (Å²) in [7, 11) is -2.60. The highest BCUT2D eigenvalue weighted by Crippen LogP contribution is 2.34. The second-order valence-electron chi connectivity index (χ2n) is 6.94. The predicted molar refractivity (Wildman–Crippen MR) is 127 cm³/mol. The highest BCUT2D eigenvalue weighted by molar-refractivity contribution is 7.92. The first-order chi connectivity index (χ1) is 16.2. The number of nitro benzene ring substituents is 1. The van der Waals surface area contributed by atoms with Crippen LogP contribution in [0.1, 0.15) is 18.1 Å². The number of nitrogens with zero attached hydrogens (tertiary/aromatic N) is 1. The summed E-state index contributed by atoms with van der Waals surface area (Å²) in [6, 6.07) is 18.1. The molecule has 1 N–H and O–H groups in total. The van der Waals surface area contributed by atoms with E-state index in [1.165, 1.54) is 55.7 Å². The van der Waals surface area contributed by atoms with Crippen molar-refractivity contribution in [3.05, 3.63) is 100 Å². The smallest absolute Gasteiger partial charge is 0.331 e. The summed E-state index contributed by atoms with van der Waals surface area (Å²) in [5, 5.41) is 11.5. The molecule has 0 aliphatic rings. The minimum absolute atomic E-state index is 0.0340. The molecule has 0 amide bonds. The number of hydrogen-bond donors (Lipinski definition) is 1. The summed E-state index contributed by atoms with van der Waals surface area (Å²) < 4.78 is 38.7. The monoisotopic (exact) mass is 482 g/mol. The fourth-order valence-corrected chi connectivity index (χ4v) is 4.23. The number of ether oxygens (including phenoxy) is 2. The fourth-order valence-electron chi connectivity index (χ4n) is 3.15. The molecule has 0 spiro atoms. The van der Waals surface area contributed by atoms with E-state index in [-0.39, 0.29) is 34.0 Å². The number of nitro groups is 1. The van der Waals surface area contributed by atoms with Crippen molar-refractivity contribution in [1.29, 1.82) is 0 Å². The molecule has 0 bridgehead atoms. The first-order valence-electron chi connectivity index (χ1n) is 10.1. The molecular weight excluding hydrogens is 460 g/mol. The number of anilines is 1. The molecular formula is C24H22N2O7S. The molecule has 9 nitrogen and oxygen atoms in total. The molecule has 3 aromatic carbocycles. The Hall–Kier alpha value is -4.18. The van der Waals surface area contributed by atoms with Crippen molar-refractivity contribution in [1.82, 2.24) is 0 Å². The molecule has 0 saturated heterocycles. The molecule has 0 radical (unpaired) electrons. The summed E-state index contributed by atoms with van der Waals surface area (Å²) in [6.07, 6.45) is 1.18. The minimum Gasteiger partial charge on any atom is -0.497 e. The molecule has 34 heavy (non-hydrogen) atoms. The zero-order chi connectivity index (χ0) is 24.7. The molecule has 0 aliphatic carbocycles. The number of benzene rings is 3. The van der Waals surface area contributed by atoms with E-state index in [2.05, 4.69) is 4.72 Å². The Labute approximate surface area is 196 Å². The second-order valence-corrected chi connectivity index (χ2v) is 8.63. The van der Waals surface area contributed by atoms with Crippen molar-refractivity contribution in [2.24, 2.45) is 0 Å². The summed E-state index contributed by atoms with van der Waals surface area (Å²) in [5.41, 5.74) is 0.732. The maximum atomic E-state index is 13.1. The molecule has 0 saturated carbocycles. The fraction of sp³-hybridized carbons (Fsp3) is 0.125. The third kappa shape index (κ3) is 5.78. The molecule has 0 fully saturated rings. The highest BCUT2D eigenvalue weighted by Gasteiger charge is 2.21. The Morgan fingerprint density at radius 3 is 2.32 bits per heavy atom. The van der Waals surface area contributed by atoms with E-state index in [0.717, 1.165) is 0 Å². The van der Waals surface area contributed by atoms with Gasteiger partial charge >= 0.3 is 5.97 Å². The van der Waals surface area contributed by atoms with Crippen LogP contribution in [-0.2, 0) is 19.6 Å². The summed E-state index contributed by atoms with van der Waals surface area (Å²) in [5.74, 6) is -0.185. The molecule has 0 heterocycles. The van der Waals surface area contributed by atoms with Gasteiger partial charge in [-0.25, -0.2) is 13.2 Å². The van der Waals surface area contributed by atoms with Crippen LogP contribution in [0.4, 0.5) is 11.4 Å². The van der Waals surface area contributed by atoms with E-state index in [9.17, 15) is 23.3 Å². The van der Waals surface area contributed by atoms with Crippen LogP contribution in [0.15, 0.2) is 83.8 Å². The van der Waals surface area contributed by atoms with Gasteiger partial charge < -0.3 is 9.47 Å². The Morgan fingerprint density at radius 1 is 1.06 bits per heavy atom. The normalized spacial score (nSPS) is 11.5. The number of rotatable bonds is 9. The minimum atomic E-state index is -4.07. The van der Waals surface area contributed by atoms with Gasteiger partial charge in [0.25, 0.3) is 15.7 Å². The Balaban J connectivity index is 2.16. The third-order valence-corrected chi connectivity index (χ3v) is 6.13. The average Bonchev–Trinajstić information content (AvgIpc) is 2.83. The lowest BCUT2D eigenvalue weighted by Crippen LogP contribution is -2.14. The van der Waals surface area contributed by atoms with Crippen molar-refractivity contribution in [2.45, 2.75) is 11.8 Å². The molecule has 0 aliphatic heterocycles. The van der Waals surface area contributed by atoms with Crippen molar-refractivity contribution < 1.29 is 27.6 Å². The van der Waals surface area contributed by atoms with Crippen LogP contribution < -0.4 is 9.46 Å². The molecule has 0 aromatic heterocycles. The number of esters is 1. The highest BCUT2D eigenvalue weighted by atomic mass is 32.2. The van der Waals surface area contributed by atoms with Gasteiger partial charge in [-0.3, -0.25) is 14.8 Å². The number of nitrogens with one attached hydrogen (secondary N) is 1. The third-order valence-electron chi connectivity index (χ3n) is 4.75. The van der Waals surface area contributed by atoms with Crippen molar-refractivity contribution in [2.75, 3.05) is 18.4 Å². The van der Waals surface area contributed by atoms with Crippen LogP contribution in [0.2, 0.25) is 0 Å². The van der Waals surface area contributed by atoms with Crippen molar-refractivity contribution in [3.63, 3.8) is 0 Å². The molecule has 0 unspecified atom stereocenters. The lowest BCUT2D eigenvalue weighted by Gasteiger charge is -2.16. The number of carbonyl (C=O) groups excluding carboxylic acids is 1. The van der Waals surface area contributed by atoms with Crippen LogP contribution in [-0.4, -0.2) is 33.0 Å². The Kier molecular flexibility index (Phi) is 7.64. The topological polar surface area (TPSA) is 125 Å². The maximum Gasteiger partial charge on any atom is 0.331 e. The number of sulfonamides is 1. The average molecular weight is 483 g/mol. The van der Waals surface area contributed by atoms with Gasteiger partial charge in [-0.15, -0.1) is 0 Å². The first kappa shape index (κ1) is 24.5. The molecule has 176 valence electrons. The summed E-state index contributed by atoms with van der Waals surface area (Å²) in [4.78, 5) is 23.1. The van der Waals surface area contributed by atoms with E-state index in [1.807, 2.05) is 0 Å². The molecule has 0 atom stereocenters. The van der Waals surface area contributed by atoms with Gasteiger partial charge in [0.2, 0.25) is 0 Å². The molecule has 10 heteroatoms. The molecule has 3 aromatic rings. The van der Waals surface area contributed by atoms with Gasteiger partial charge in [-0.2, -0.15) is 0 Å². The number of methoxy groups -OCH3 is 1. The van der Waals surface area contributed by atoms with Crippen LogP contribution in [0, 0.1) is 10.1 Å². The van der Waals surface area contributed by atoms with Crippen molar-refractivity contribution in [3.8, 4) is 5.75 Å². The van der Waals surface area contributed by atoms with E-state index in [1.54, 1.807) is 37.3 Å². The lowest BCUT2D eigenvalue weighted by molar-refractivity contribution is -0.384. The first-order valence-corrected chi connectivity index (χ1v) is 11.6. The zero-order valence-corrected chi connectivity index (χ0v) is 19.2. The number of carbonyl (C=O) groups is 1. The van der Waals surface area contributed by atoms with Gasteiger partial charge in [0, 0.05) is 23.8 Å². The van der Waals surface area contributed by atoms with E-state index in [0.29, 0.717) is 11.3 Å². The summed E-state index contributed by atoms with van der Waals surface area (Å²) >= 11 is 0. The van der Waals surface area contributed by atoms with Crippen molar-refractivity contribution >= 4 is 32.9 Å². The van der Waals surface area contributed by atoms with Gasteiger partial charge in [0.1, 0.15) is 5.75 Å². The van der Waals surface area contributed by atoms with Crippen LogP contribution in [0.3, 0.4) is 0 Å². The van der Waals surface area contributed by atoms with Crippen LogP contribution in [0.5, 0.6) is 5.75 Å². The quantitative estimate of drug-likeness (QED) is 0.207. The largest absolute Gasteiger partial charge is 0.497 e. The SMILES string of the molecule is CCOC(=O)C=C(c1ccccc1)c1cc([N+](=O)[O-])ccc1NS(=O)(=O)c1ccc(OC)cc1. The van der Waals surface area contributed by atoms with E-state index < -0.39 is 20.9 Å². The van der Waals surface area contributed by atoms with E-state index >= 15 is 0 Å². The van der Waals surface area contributed by atoms with Gasteiger partial charge in [-0.05, 0) is 48.4 Å². The lowest BCUT2D eigenvalue weighted by atomic mass is 9.95. The predicted octanol–water partition coefficient (Wildman–Crippen LogP) is 4.40. The van der Waals surface area contributed by atoms with Gasteiger partial charge in [0.15, 0.2) is 0 Å². The standard InChI is InChI=1S/C24H22N2O7S/c1-3-33-24(27)16-21(17-7-5-4-6-8-17)22-15-18(26(28)29)9-14-23(22)25-34(30,31)20-12-10-19(32-2)11-13-20/h4-16,25H,3H2,1-2H3. The van der Waals surface area contributed by atoms with Crippen LogP contribution >= 0.6 is 0 Å². The maximum absolute atomic E-state index is 13.1. The van der Waals surface area contributed by atoms with E-state index in [4.69, 9.17) is 9.47 Å². The Morgan fingerprint density at radius 2 is 1.74 bits per heavy atom. The van der Waals surface area contributed by atoms with Crippen LogP contribution in [0.25, 0.3) is 5.57 Å². The van der Waals surface area contributed by atoms with Gasteiger partial charge in [0.05, 0.1) is 29.2 Å². The Bertz CT molecular complexity index is 1320. The number of hydrogen-bond acceptors (Lipinski definition) is 7. The molecule has 3 rings (SSSR count). The summed E-state index contributed by atoms with van der Waals surface area (Å²) in [6.45, 7) is 1.78. The zero-order valence-electron chi connectivity index (χ0n) is 18.4. The second kappa shape index (κ2) is 10.6.